The molecule has 1 saturated carbocycles. The number of rotatable bonds is 8. The lowest BCUT2D eigenvalue weighted by molar-refractivity contribution is -0.147. The quantitative estimate of drug-likeness (QED) is 0.270. The molecular formula is C27H24Cl2F5N3O3. The second-order valence-electron chi connectivity index (χ2n) is 9.61. The highest BCUT2D eigenvalue weighted by Crippen LogP contribution is 2.40. The molecule has 214 valence electrons. The van der Waals surface area contributed by atoms with Gasteiger partial charge in [0.2, 0.25) is 0 Å². The van der Waals surface area contributed by atoms with Gasteiger partial charge in [-0.15, -0.1) is 0 Å². The number of nitrogens with zero attached hydrogens (tertiary/aromatic N) is 3. The zero-order chi connectivity index (χ0) is 29.2. The zero-order valence-corrected chi connectivity index (χ0v) is 22.4. The van der Waals surface area contributed by atoms with Crippen molar-refractivity contribution in [1.82, 2.24) is 14.7 Å². The maximum absolute atomic E-state index is 15.6. The summed E-state index contributed by atoms with van der Waals surface area (Å²) in [5, 5.41) is 13.1. The molecule has 1 amide bonds. The number of amides is 1. The molecule has 1 heterocycles. The number of carboxylic acids is 1. The molecule has 6 nitrogen and oxygen atoms in total. The molecule has 0 bridgehead atoms. The molecule has 1 fully saturated rings. The van der Waals surface area contributed by atoms with Crippen LogP contribution in [0, 0.1) is 11.7 Å². The highest BCUT2D eigenvalue weighted by atomic mass is 35.5. The summed E-state index contributed by atoms with van der Waals surface area (Å²) in [7, 11) is 0. The van der Waals surface area contributed by atoms with Crippen LogP contribution in [0.25, 0.3) is 0 Å². The molecule has 13 heteroatoms. The van der Waals surface area contributed by atoms with Crippen molar-refractivity contribution in [2.75, 3.05) is 6.54 Å². The third kappa shape index (κ3) is 6.58. The Hall–Kier alpha value is -3.18. The summed E-state index contributed by atoms with van der Waals surface area (Å²) >= 11 is 12.2. The fourth-order valence-electron chi connectivity index (χ4n) is 4.94. The van der Waals surface area contributed by atoms with Crippen molar-refractivity contribution in [2.45, 2.75) is 50.6 Å². The molecule has 4 rings (SSSR count). The highest BCUT2D eigenvalue weighted by molar-refractivity contribution is 6.36. The van der Waals surface area contributed by atoms with Crippen molar-refractivity contribution < 1.29 is 36.6 Å². The summed E-state index contributed by atoms with van der Waals surface area (Å²) in [6, 6.07) is 8.41. The standard InChI is InChI=1S/C27H24Cl2F5N3O3/c28-20-2-1-3-21(29)23(20)22(31)14-36(13-15-4-8-17(30)9-5-15)25(38)19-12-35-37(24(19)27(32,33)34)18-10-6-16(7-11-18)26(39)40/h1-5,8-9,12,16,18,22H,6-7,10-11,13-14H2,(H,39,40). The molecule has 1 aliphatic rings. The van der Waals surface area contributed by atoms with E-state index >= 15 is 4.39 Å². The molecular weight excluding hydrogens is 580 g/mol. The Morgan fingerprint density at radius 3 is 2.20 bits per heavy atom. The smallest absolute Gasteiger partial charge is 0.433 e. The Morgan fingerprint density at radius 1 is 1.05 bits per heavy atom. The lowest BCUT2D eigenvalue weighted by Crippen LogP contribution is -2.35. The highest BCUT2D eigenvalue weighted by Gasteiger charge is 2.43. The Kier molecular flexibility index (Phi) is 9.04. The maximum Gasteiger partial charge on any atom is 0.433 e. The SMILES string of the molecule is O=C(O)C1CCC(n2ncc(C(=O)N(Cc3ccc(F)cc3)CC(F)c3c(Cl)cccc3Cl)c2C(F)(F)F)CC1. The predicted octanol–water partition coefficient (Wildman–Crippen LogP) is 7.52. The summed E-state index contributed by atoms with van der Waals surface area (Å²) in [6.45, 7) is -1.04. The molecule has 1 atom stereocenters. The molecule has 1 aliphatic carbocycles. The maximum atomic E-state index is 15.6. The minimum atomic E-state index is -4.99. The van der Waals surface area contributed by atoms with Crippen molar-refractivity contribution >= 4 is 35.1 Å². The number of benzene rings is 2. The van der Waals surface area contributed by atoms with E-state index < -0.39 is 59.8 Å². The first-order valence-electron chi connectivity index (χ1n) is 12.4. The topological polar surface area (TPSA) is 75.4 Å². The molecule has 0 saturated heterocycles. The van der Waals surface area contributed by atoms with E-state index in [1.165, 1.54) is 30.3 Å². The number of aliphatic carboxylic acids is 1. The average molecular weight is 604 g/mol. The Bertz CT molecular complexity index is 1350. The summed E-state index contributed by atoms with van der Waals surface area (Å²) in [6.07, 6.45) is -5.56. The van der Waals surface area contributed by atoms with Gasteiger partial charge in [-0.1, -0.05) is 41.4 Å². The van der Waals surface area contributed by atoms with E-state index in [0.717, 1.165) is 27.9 Å². The van der Waals surface area contributed by atoms with Crippen LogP contribution >= 0.6 is 23.2 Å². The number of halogens is 7. The Balaban J connectivity index is 1.69. The van der Waals surface area contributed by atoms with Crippen LogP contribution in [0.1, 0.15) is 65.1 Å². The molecule has 0 radical (unpaired) electrons. The van der Waals surface area contributed by atoms with Gasteiger partial charge in [0.15, 0.2) is 5.69 Å². The molecule has 1 unspecified atom stereocenters. The van der Waals surface area contributed by atoms with Crippen LogP contribution in [0.15, 0.2) is 48.7 Å². The van der Waals surface area contributed by atoms with Crippen LogP contribution in [0.4, 0.5) is 22.0 Å². The number of aromatic nitrogens is 2. The van der Waals surface area contributed by atoms with Gasteiger partial charge in [-0.25, -0.2) is 8.78 Å². The predicted molar refractivity (Wildman–Crippen MR) is 137 cm³/mol. The summed E-state index contributed by atoms with van der Waals surface area (Å²) in [5.41, 5.74) is -1.86. The lowest BCUT2D eigenvalue weighted by atomic mass is 9.86. The van der Waals surface area contributed by atoms with E-state index in [1.54, 1.807) is 0 Å². The van der Waals surface area contributed by atoms with Crippen molar-refractivity contribution in [3.63, 3.8) is 0 Å². The fraction of sp³-hybridized carbons (Fsp3) is 0.370. The van der Waals surface area contributed by atoms with Gasteiger partial charge < -0.3 is 10.0 Å². The normalized spacial score (nSPS) is 18.4. The van der Waals surface area contributed by atoms with Crippen LogP contribution in [0.2, 0.25) is 10.0 Å². The van der Waals surface area contributed by atoms with E-state index in [2.05, 4.69) is 5.10 Å². The molecule has 40 heavy (non-hydrogen) atoms. The zero-order valence-electron chi connectivity index (χ0n) is 20.8. The monoisotopic (exact) mass is 603 g/mol. The van der Waals surface area contributed by atoms with E-state index in [9.17, 15) is 32.3 Å². The van der Waals surface area contributed by atoms with Gasteiger partial charge in [-0.3, -0.25) is 14.3 Å². The van der Waals surface area contributed by atoms with Gasteiger partial charge in [0, 0.05) is 22.2 Å². The molecule has 1 aromatic heterocycles. The van der Waals surface area contributed by atoms with Crippen molar-refractivity contribution in [2.24, 2.45) is 5.92 Å². The molecule has 0 aliphatic heterocycles. The van der Waals surface area contributed by atoms with Crippen molar-refractivity contribution in [1.29, 1.82) is 0 Å². The minimum Gasteiger partial charge on any atom is -0.481 e. The van der Waals surface area contributed by atoms with Crippen LogP contribution in [0.5, 0.6) is 0 Å². The Morgan fingerprint density at radius 2 is 1.65 bits per heavy atom. The van der Waals surface area contributed by atoms with Gasteiger partial charge in [0.1, 0.15) is 12.0 Å². The number of carboxylic acid groups (broad SMARTS) is 1. The van der Waals surface area contributed by atoms with E-state index in [0.29, 0.717) is 5.56 Å². The number of carbonyl (C=O) groups is 2. The van der Waals surface area contributed by atoms with E-state index in [1.807, 2.05) is 0 Å². The molecule has 0 spiro atoms. The first kappa shape index (κ1) is 29.8. The summed E-state index contributed by atoms with van der Waals surface area (Å²) < 4.78 is 72.8. The van der Waals surface area contributed by atoms with Crippen LogP contribution in [-0.2, 0) is 17.5 Å². The fourth-order valence-corrected chi connectivity index (χ4v) is 5.57. The number of hydrogen-bond donors (Lipinski definition) is 1. The molecule has 2 aromatic carbocycles. The number of hydrogen-bond acceptors (Lipinski definition) is 3. The average Bonchev–Trinajstić information content (AvgIpc) is 3.35. The van der Waals surface area contributed by atoms with Crippen molar-refractivity contribution in [3.8, 4) is 0 Å². The van der Waals surface area contributed by atoms with E-state index in [-0.39, 0.29) is 47.8 Å². The second-order valence-corrected chi connectivity index (χ2v) is 10.4. The molecule has 1 N–H and O–H groups in total. The van der Waals surface area contributed by atoms with Crippen LogP contribution in [-0.4, -0.2) is 38.2 Å². The number of carbonyl (C=O) groups excluding carboxylic acids is 1. The summed E-state index contributed by atoms with van der Waals surface area (Å²) in [5.74, 6) is -3.38. The van der Waals surface area contributed by atoms with Gasteiger partial charge in [-0.2, -0.15) is 18.3 Å². The third-order valence-electron chi connectivity index (χ3n) is 6.95. The largest absolute Gasteiger partial charge is 0.481 e. The third-order valence-corrected chi connectivity index (χ3v) is 7.61. The first-order chi connectivity index (χ1) is 18.9. The lowest BCUT2D eigenvalue weighted by Gasteiger charge is -2.29. The van der Waals surface area contributed by atoms with Crippen LogP contribution in [0.3, 0.4) is 0 Å². The molecule has 3 aromatic rings. The Labute approximate surface area is 236 Å². The minimum absolute atomic E-state index is 0.0186. The first-order valence-corrected chi connectivity index (χ1v) is 13.1. The van der Waals surface area contributed by atoms with Gasteiger partial charge in [0.25, 0.3) is 5.91 Å². The van der Waals surface area contributed by atoms with Crippen molar-refractivity contribution in [3.05, 3.63) is 86.9 Å². The second kappa shape index (κ2) is 12.1. The van der Waals surface area contributed by atoms with Gasteiger partial charge in [0.05, 0.1) is 30.3 Å². The van der Waals surface area contributed by atoms with Gasteiger partial charge >= 0.3 is 12.1 Å². The van der Waals surface area contributed by atoms with Gasteiger partial charge in [-0.05, 0) is 55.5 Å². The van der Waals surface area contributed by atoms with Crippen LogP contribution < -0.4 is 0 Å². The number of alkyl halides is 4. The summed E-state index contributed by atoms with van der Waals surface area (Å²) in [4.78, 5) is 25.8. The van der Waals surface area contributed by atoms with E-state index in [4.69, 9.17) is 23.2 Å².